The first kappa shape index (κ1) is 20.1. The molecule has 0 aliphatic heterocycles. The third-order valence-corrected chi connectivity index (χ3v) is 4.16. The minimum atomic E-state index is -0.0302. The standard InChI is InChI=1S/C21H24N6O2/c1-15-13-16(6-7-17(15)29-2)14-21(28)24-12-11-23-19-8-9-20(27-26-19)25-18-5-3-4-10-22-18/h3-10,13H,11-12,14H2,1-2H3,(H,23,26)(H,24,28)(H,22,25,27). The normalized spacial score (nSPS) is 10.3. The summed E-state index contributed by atoms with van der Waals surface area (Å²) in [5, 5.41) is 17.3. The average molecular weight is 392 g/mol. The molecule has 2 heterocycles. The highest BCUT2D eigenvalue weighted by molar-refractivity contribution is 5.78. The van der Waals surface area contributed by atoms with Gasteiger partial charge in [0, 0.05) is 19.3 Å². The van der Waals surface area contributed by atoms with Crippen LogP contribution in [0.2, 0.25) is 0 Å². The number of aromatic nitrogens is 3. The number of benzene rings is 1. The molecule has 0 spiro atoms. The highest BCUT2D eigenvalue weighted by atomic mass is 16.5. The van der Waals surface area contributed by atoms with Gasteiger partial charge in [-0.2, -0.15) is 0 Å². The predicted molar refractivity (Wildman–Crippen MR) is 112 cm³/mol. The number of ether oxygens (including phenoxy) is 1. The van der Waals surface area contributed by atoms with Gasteiger partial charge in [0.1, 0.15) is 17.4 Å². The number of carbonyl (C=O) groups excluding carboxylic acids is 1. The summed E-state index contributed by atoms with van der Waals surface area (Å²) in [7, 11) is 1.64. The second-order valence-electron chi connectivity index (χ2n) is 6.40. The molecule has 0 aliphatic carbocycles. The highest BCUT2D eigenvalue weighted by Crippen LogP contribution is 2.18. The lowest BCUT2D eigenvalue weighted by atomic mass is 10.1. The van der Waals surface area contributed by atoms with Crippen molar-refractivity contribution in [2.24, 2.45) is 0 Å². The monoisotopic (exact) mass is 392 g/mol. The Morgan fingerprint density at radius 2 is 1.83 bits per heavy atom. The number of rotatable bonds is 9. The van der Waals surface area contributed by atoms with Crippen LogP contribution in [0, 0.1) is 6.92 Å². The number of hydrogen-bond acceptors (Lipinski definition) is 7. The van der Waals surface area contributed by atoms with Gasteiger partial charge in [0.25, 0.3) is 0 Å². The van der Waals surface area contributed by atoms with Crippen molar-refractivity contribution in [1.29, 1.82) is 0 Å². The zero-order valence-corrected chi connectivity index (χ0v) is 16.5. The number of nitrogens with one attached hydrogen (secondary N) is 3. The molecule has 1 amide bonds. The summed E-state index contributed by atoms with van der Waals surface area (Å²) in [4.78, 5) is 16.3. The molecule has 8 nitrogen and oxygen atoms in total. The Kier molecular flexibility index (Phi) is 6.94. The summed E-state index contributed by atoms with van der Waals surface area (Å²) in [6.07, 6.45) is 2.04. The zero-order valence-electron chi connectivity index (χ0n) is 16.5. The van der Waals surface area contributed by atoms with E-state index >= 15 is 0 Å². The molecular weight excluding hydrogens is 368 g/mol. The lowest BCUT2D eigenvalue weighted by Gasteiger charge is -2.09. The van der Waals surface area contributed by atoms with Crippen molar-refractivity contribution in [3.05, 3.63) is 65.9 Å². The van der Waals surface area contributed by atoms with Gasteiger partial charge in [0.05, 0.1) is 13.5 Å². The van der Waals surface area contributed by atoms with Crippen molar-refractivity contribution in [3.8, 4) is 5.75 Å². The molecule has 3 N–H and O–H groups in total. The van der Waals surface area contributed by atoms with Gasteiger partial charge in [0.2, 0.25) is 5.91 Å². The number of pyridine rings is 1. The molecule has 3 aromatic rings. The topological polar surface area (TPSA) is 101 Å². The lowest BCUT2D eigenvalue weighted by molar-refractivity contribution is -0.120. The van der Waals surface area contributed by atoms with Crippen molar-refractivity contribution in [1.82, 2.24) is 20.5 Å². The van der Waals surface area contributed by atoms with Crippen LogP contribution in [0.4, 0.5) is 17.5 Å². The van der Waals surface area contributed by atoms with E-state index in [1.165, 1.54) is 0 Å². The van der Waals surface area contributed by atoms with Gasteiger partial charge in [-0.15, -0.1) is 10.2 Å². The van der Waals surface area contributed by atoms with Crippen LogP contribution < -0.4 is 20.7 Å². The average Bonchev–Trinajstić information content (AvgIpc) is 2.73. The molecule has 0 radical (unpaired) electrons. The molecule has 0 fully saturated rings. The second kappa shape index (κ2) is 10.0. The van der Waals surface area contributed by atoms with Crippen LogP contribution in [0.3, 0.4) is 0 Å². The van der Waals surface area contributed by atoms with E-state index in [1.54, 1.807) is 13.3 Å². The summed E-state index contributed by atoms with van der Waals surface area (Å²) >= 11 is 0. The van der Waals surface area contributed by atoms with Crippen LogP contribution in [0.15, 0.2) is 54.7 Å². The van der Waals surface area contributed by atoms with Gasteiger partial charge < -0.3 is 20.7 Å². The van der Waals surface area contributed by atoms with Crippen LogP contribution in [-0.4, -0.2) is 41.3 Å². The summed E-state index contributed by atoms with van der Waals surface area (Å²) in [6.45, 7) is 3.00. The molecule has 3 rings (SSSR count). The first-order chi connectivity index (χ1) is 14.1. The largest absolute Gasteiger partial charge is 0.496 e. The number of aryl methyl sites for hydroxylation is 1. The second-order valence-corrected chi connectivity index (χ2v) is 6.40. The molecule has 0 saturated heterocycles. The molecule has 8 heteroatoms. The van der Waals surface area contributed by atoms with Gasteiger partial charge in [0.15, 0.2) is 5.82 Å². The fourth-order valence-electron chi connectivity index (χ4n) is 2.75. The van der Waals surface area contributed by atoms with E-state index in [2.05, 4.69) is 31.1 Å². The Balaban J connectivity index is 1.38. The fourth-order valence-corrected chi connectivity index (χ4v) is 2.75. The third kappa shape index (κ3) is 6.17. The van der Waals surface area contributed by atoms with Gasteiger partial charge in [-0.25, -0.2) is 4.98 Å². The van der Waals surface area contributed by atoms with Crippen molar-refractivity contribution in [2.45, 2.75) is 13.3 Å². The molecule has 0 unspecified atom stereocenters. The molecule has 1 aromatic carbocycles. The molecular formula is C21H24N6O2. The third-order valence-electron chi connectivity index (χ3n) is 4.16. The van der Waals surface area contributed by atoms with E-state index in [0.717, 1.165) is 16.9 Å². The van der Waals surface area contributed by atoms with Gasteiger partial charge >= 0.3 is 0 Å². The van der Waals surface area contributed by atoms with Crippen LogP contribution >= 0.6 is 0 Å². The van der Waals surface area contributed by atoms with E-state index < -0.39 is 0 Å². The Morgan fingerprint density at radius 3 is 2.52 bits per heavy atom. The van der Waals surface area contributed by atoms with Crippen molar-refractivity contribution in [2.75, 3.05) is 30.8 Å². The molecule has 2 aromatic heterocycles. The van der Waals surface area contributed by atoms with Crippen molar-refractivity contribution >= 4 is 23.4 Å². The van der Waals surface area contributed by atoms with E-state index in [1.807, 2.05) is 55.5 Å². The van der Waals surface area contributed by atoms with Gasteiger partial charge in [-0.3, -0.25) is 4.79 Å². The quantitative estimate of drug-likeness (QED) is 0.481. The number of carbonyl (C=O) groups is 1. The predicted octanol–water partition coefficient (Wildman–Crippen LogP) is 2.70. The number of amides is 1. The van der Waals surface area contributed by atoms with Crippen LogP contribution in [0.1, 0.15) is 11.1 Å². The smallest absolute Gasteiger partial charge is 0.224 e. The summed E-state index contributed by atoms with van der Waals surface area (Å²) in [6, 6.07) is 15.0. The molecule has 0 aliphatic rings. The number of methoxy groups -OCH3 is 1. The maximum atomic E-state index is 12.1. The minimum Gasteiger partial charge on any atom is -0.496 e. The van der Waals surface area contributed by atoms with Gasteiger partial charge in [-0.05, 0) is 48.4 Å². The number of nitrogens with zero attached hydrogens (tertiary/aromatic N) is 3. The van der Waals surface area contributed by atoms with Crippen LogP contribution in [0.5, 0.6) is 5.75 Å². The Hall–Kier alpha value is -3.68. The molecule has 150 valence electrons. The Labute approximate surface area is 169 Å². The SMILES string of the molecule is COc1ccc(CC(=O)NCCNc2ccc(Nc3ccccn3)nn2)cc1C. The Bertz CT molecular complexity index is 932. The lowest BCUT2D eigenvalue weighted by Crippen LogP contribution is -2.30. The number of hydrogen-bond donors (Lipinski definition) is 3. The summed E-state index contributed by atoms with van der Waals surface area (Å²) in [5.41, 5.74) is 1.97. The maximum Gasteiger partial charge on any atom is 0.224 e. The first-order valence-electron chi connectivity index (χ1n) is 9.30. The maximum absolute atomic E-state index is 12.1. The van der Waals surface area contributed by atoms with Crippen LogP contribution in [0.25, 0.3) is 0 Å². The van der Waals surface area contributed by atoms with Crippen molar-refractivity contribution in [3.63, 3.8) is 0 Å². The minimum absolute atomic E-state index is 0.0302. The van der Waals surface area contributed by atoms with E-state index in [4.69, 9.17) is 4.74 Å². The highest BCUT2D eigenvalue weighted by Gasteiger charge is 2.06. The molecule has 29 heavy (non-hydrogen) atoms. The summed E-state index contributed by atoms with van der Waals surface area (Å²) < 4.78 is 5.24. The summed E-state index contributed by atoms with van der Waals surface area (Å²) in [5.74, 6) is 2.74. The Morgan fingerprint density at radius 1 is 1.00 bits per heavy atom. The van der Waals surface area contributed by atoms with Gasteiger partial charge in [-0.1, -0.05) is 18.2 Å². The zero-order chi connectivity index (χ0) is 20.5. The first-order valence-corrected chi connectivity index (χ1v) is 9.30. The van der Waals surface area contributed by atoms with E-state index in [-0.39, 0.29) is 5.91 Å². The van der Waals surface area contributed by atoms with E-state index in [9.17, 15) is 4.79 Å². The molecule has 0 atom stereocenters. The van der Waals surface area contributed by atoms with Crippen LogP contribution in [-0.2, 0) is 11.2 Å². The van der Waals surface area contributed by atoms with Crippen molar-refractivity contribution < 1.29 is 9.53 Å². The molecule has 0 saturated carbocycles. The number of anilines is 3. The fraction of sp³-hybridized carbons (Fsp3) is 0.238. The van der Waals surface area contributed by atoms with E-state index in [0.29, 0.717) is 37.0 Å². The molecule has 0 bridgehead atoms.